The number of aliphatic hydroxyl groups excluding tert-OH is 2. The van der Waals surface area contributed by atoms with Crippen LogP contribution < -0.4 is 0 Å². The van der Waals surface area contributed by atoms with Crippen LogP contribution in [0.25, 0.3) is 0 Å². The fourth-order valence-electron chi connectivity index (χ4n) is 1.95. The van der Waals surface area contributed by atoms with E-state index in [-0.39, 0.29) is 0 Å². The average Bonchev–Trinajstić information content (AvgIpc) is 2.41. The van der Waals surface area contributed by atoms with Crippen LogP contribution in [0, 0.1) is 6.92 Å². The van der Waals surface area contributed by atoms with E-state index >= 15 is 0 Å². The first-order chi connectivity index (χ1) is 8.66. The van der Waals surface area contributed by atoms with Crippen molar-refractivity contribution in [2.24, 2.45) is 0 Å². The summed E-state index contributed by atoms with van der Waals surface area (Å²) in [5.41, 5.74) is 2.97. The molecule has 0 aliphatic carbocycles. The molecule has 2 nitrogen and oxygen atoms in total. The zero-order valence-electron chi connectivity index (χ0n) is 10.5. The molecule has 18 heavy (non-hydrogen) atoms. The Morgan fingerprint density at radius 3 is 2.11 bits per heavy atom. The molecule has 2 rings (SSSR count). The highest BCUT2D eigenvalue weighted by Crippen LogP contribution is 2.19. The van der Waals surface area contributed by atoms with Crippen LogP contribution >= 0.6 is 0 Å². The number of aryl methyl sites for hydroxylation is 1. The molecule has 0 saturated carbocycles. The molecule has 2 unspecified atom stereocenters. The van der Waals surface area contributed by atoms with Gasteiger partial charge >= 0.3 is 0 Å². The van der Waals surface area contributed by atoms with Crippen molar-refractivity contribution in [3.8, 4) is 0 Å². The Labute approximate surface area is 108 Å². The quantitative estimate of drug-likeness (QED) is 0.865. The van der Waals surface area contributed by atoms with Crippen LogP contribution in [0.4, 0.5) is 0 Å². The molecule has 0 saturated heterocycles. The van der Waals surface area contributed by atoms with Gasteiger partial charge in [-0.1, -0.05) is 60.2 Å². The van der Waals surface area contributed by atoms with Crippen LogP contribution in [-0.2, 0) is 6.42 Å². The van der Waals surface area contributed by atoms with E-state index < -0.39 is 12.2 Å². The molecule has 0 spiro atoms. The largest absolute Gasteiger partial charge is 0.390 e. The molecule has 2 aromatic rings. The van der Waals surface area contributed by atoms with Crippen molar-refractivity contribution in [3.05, 3.63) is 71.3 Å². The second kappa shape index (κ2) is 5.80. The summed E-state index contributed by atoms with van der Waals surface area (Å²) in [5, 5.41) is 20.1. The first-order valence-electron chi connectivity index (χ1n) is 6.13. The number of hydrogen-bond donors (Lipinski definition) is 2. The highest BCUT2D eigenvalue weighted by atomic mass is 16.3. The van der Waals surface area contributed by atoms with Gasteiger partial charge in [0.15, 0.2) is 0 Å². The lowest BCUT2D eigenvalue weighted by atomic mass is 9.98. The molecular weight excluding hydrogens is 224 g/mol. The van der Waals surface area contributed by atoms with E-state index in [1.54, 1.807) is 0 Å². The molecule has 0 fully saturated rings. The van der Waals surface area contributed by atoms with Crippen LogP contribution in [0.1, 0.15) is 22.8 Å². The van der Waals surface area contributed by atoms with Gasteiger partial charge in [0, 0.05) is 6.42 Å². The van der Waals surface area contributed by atoms with Crippen LogP contribution in [0.2, 0.25) is 0 Å². The summed E-state index contributed by atoms with van der Waals surface area (Å²) in [6.07, 6.45) is -1.17. The molecule has 0 aliphatic rings. The van der Waals surface area contributed by atoms with Crippen LogP contribution in [-0.4, -0.2) is 16.3 Å². The predicted octanol–water partition coefficient (Wildman–Crippen LogP) is 2.63. The topological polar surface area (TPSA) is 40.5 Å². The minimum absolute atomic E-state index is 0.455. The summed E-state index contributed by atoms with van der Waals surface area (Å²) < 4.78 is 0. The Kier molecular flexibility index (Phi) is 4.13. The van der Waals surface area contributed by atoms with Gasteiger partial charge < -0.3 is 10.2 Å². The molecule has 0 amide bonds. The number of rotatable bonds is 4. The van der Waals surface area contributed by atoms with E-state index in [0.29, 0.717) is 6.42 Å². The van der Waals surface area contributed by atoms with Gasteiger partial charge in [-0.2, -0.15) is 0 Å². The van der Waals surface area contributed by atoms with E-state index in [1.165, 1.54) is 5.56 Å². The molecular formula is C16H18O2. The fraction of sp³-hybridized carbons (Fsp3) is 0.250. The molecule has 0 aliphatic heterocycles. The van der Waals surface area contributed by atoms with E-state index in [4.69, 9.17) is 0 Å². The Balaban J connectivity index is 2.03. The molecule has 94 valence electrons. The van der Waals surface area contributed by atoms with Crippen molar-refractivity contribution < 1.29 is 10.2 Å². The standard InChI is InChI=1S/C16H18O2/c1-12-7-9-13(10-8-12)11-15(17)16(18)14-5-3-2-4-6-14/h2-10,15-18H,11H2,1H3. The SMILES string of the molecule is Cc1ccc(CC(O)C(O)c2ccccc2)cc1. The molecule has 2 aromatic carbocycles. The van der Waals surface area contributed by atoms with Gasteiger partial charge in [-0.05, 0) is 18.1 Å². The minimum atomic E-state index is -0.840. The normalized spacial score (nSPS) is 14.2. The second-order valence-corrected chi connectivity index (χ2v) is 4.61. The van der Waals surface area contributed by atoms with E-state index in [9.17, 15) is 10.2 Å². The third-order valence-corrected chi connectivity index (χ3v) is 3.07. The zero-order valence-corrected chi connectivity index (χ0v) is 10.5. The van der Waals surface area contributed by atoms with Crippen LogP contribution in [0.5, 0.6) is 0 Å². The average molecular weight is 242 g/mol. The summed E-state index contributed by atoms with van der Waals surface area (Å²) in [6, 6.07) is 17.2. The number of aliphatic hydroxyl groups is 2. The summed E-state index contributed by atoms with van der Waals surface area (Å²) in [4.78, 5) is 0. The van der Waals surface area contributed by atoms with Crippen molar-refractivity contribution >= 4 is 0 Å². The molecule has 2 atom stereocenters. The molecule has 0 aromatic heterocycles. The summed E-state index contributed by atoms with van der Waals surface area (Å²) in [7, 11) is 0. The Morgan fingerprint density at radius 1 is 0.889 bits per heavy atom. The molecule has 0 bridgehead atoms. The van der Waals surface area contributed by atoms with Gasteiger partial charge in [0.25, 0.3) is 0 Å². The smallest absolute Gasteiger partial charge is 0.105 e. The Bertz CT molecular complexity index is 476. The maximum absolute atomic E-state index is 10.1. The Hall–Kier alpha value is -1.64. The van der Waals surface area contributed by atoms with E-state index in [0.717, 1.165) is 11.1 Å². The maximum Gasteiger partial charge on any atom is 0.105 e. The molecule has 2 heteroatoms. The highest BCUT2D eigenvalue weighted by Gasteiger charge is 2.18. The fourth-order valence-corrected chi connectivity index (χ4v) is 1.95. The van der Waals surface area contributed by atoms with Gasteiger partial charge in [0.1, 0.15) is 6.10 Å². The first kappa shape index (κ1) is 12.8. The maximum atomic E-state index is 10.1. The van der Waals surface area contributed by atoms with Gasteiger partial charge in [-0.3, -0.25) is 0 Å². The summed E-state index contributed by atoms with van der Waals surface area (Å²) >= 11 is 0. The molecule has 2 N–H and O–H groups in total. The van der Waals surface area contributed by atoms with Crippen molar-refractivity contribution in [2.45, 2.75) is 25.6 Å². The van der Waals surface area contributed by atoms with Gasteiger partial charge in [0.05, 0.1) is 6.10 Å². The Morgan fingerprint density at radius 2 is 1.50 bits per heavy atom. The molecule has 0 heterocycles. The number of hydrogen-bond acceptors (Lipinski definition) is 2. The van der Waals surface area contributed by atoms with Crippen molar-refractivity contribution in [3.63, 3.8) is 0 Å². The summed E-state index contributed by atoms with van der Waals surface area (Å²) in [6.45, 7) is 2.03. The van der Waals surface area contributed by atoms with Crippen molar-refractivity contribution in [1.82, 2.24) is 0 Å². The van der Waals surface area contributed by atoms with Gasteiger partial charge in [0.2, 0.25) is 0 Å². The van der Waals surface area contributed by atoms with Crippen LogP contribution in [0.3, 0.4) is 0 Å². The second-order valence-electron chi connectivity index (χ2n) is 4.61. The first-order valence-corrected chi connectivity index (χ1v) is 6.13. The van der Waals surface area contributed by atoms with Crippen LogP contribution in [0.15, 0.2) is 54.6 Å². The van der Waals surface area contributed by atoms with E-state index in [2.05, 4.69) is 0 Å². The molecule has 0 radical (unpaired) electrons. The van der Waals surface area contributed by atoms with Crippen molar-refractivity contribution in [2.75, 3.05) is 0 Å². The minimum Gasteiger partial charge on any atom is -0.390 e. The van der Waals surface area contributed by atoms with Gasteiger partial charge in [-0.15, -0.1) is 0 Å². The van der Waals surface area contributed by atoms with Gasteiger partial charge in [-0.25, -0.2) is 0 Å². The number of benzene rings is 2. The lowest BCUT2D eigenvalue weighted by Gasteiger charge is -2.18. The third-order valence-electron chi connectivity index (χ3n) is 3.07. The van der Waals surface area contributed by atoms with Crippen molar-refractivity contribution in [1.29, 1.82) is 0 Å². The monoisotopic (exact) mass is 242 g/mol. The lowest BCUT2D eigenvalue weighted by Crippen LogP contribution is -2.20. The van der Waals surface area contributed by atoms with E-state index in [1.807, 2.05) is 61.5 Å². The lowest BCUT2D eigenvalue weighted by molar-refractivity contribution is 0.0190. The highest BCUT2D eigenvalue weighted by molar-refractivity contribution is 5.23. The zero-order chi connectivity index (χ0) is 13.0. The summed E-state index contributed by atoms with van der Waals surface area (Å²) in [5.74, 6) is 0. The third kappa shape index (κ3) is 3.19. The predicted molar refractivity (Wildman–Crippen MR) is 72.3 cm³/mol.